The third-order valence-electron chi connectivity index (χ3n) is 3.63. The molecule has 0 radical (unpaired) electrons. The third-order valence-corrected chi connectivity index (χ3v) is 3.63. The van der Waals surface area contributed by atoms with Gasteiger partial charge in [-0.1, -0.05) is 31.2 Å². The summed E-state index contributed by atoms with van der Waals surface area (Å²) in [5, 5.41) is 8.69. The second kappa shape index (κ2) is 10.4. The summed E-state index contributed by atoms with van der Waals surface area (Å²) in [6, 6.07) is 6.90. The van der Waals surface area contributed by atoms with Crippen molar-refractivity contribution < 1.29 is 9.59 Å². The highest BCUT2D eigenvalue weighted by atomic mass is 16.2. The largest absolute Gasteiger partial charge is 0.389 e. The molecule has 6 nitrogen and oxygen atoms in total. The molecule has 0 fully saturated rings. The van der Waals surface area contributed by atoms with E-state index in [0.717, 1.165) is 24.1 Å². The van der Waals surface area contributed by atoms with Crippen LogP contribution in [0.4, 0.5) is 5.69 Å². The van der Waals surface area contributed by atoms with Gasteiger partial charge in [-0.2, -0.15) is 0 Å². The minimum absolute atomic E-state index is 0.140. The van der Waals surface area contributed by atoms with Gasteiger partial charge in [-0.3, -0.25) is 9.59 Å². The average molecular weight is 332 g/mol. The van der Waals surface area contributed by atoms with Gasteiger partial charge in [0.2, 0.25) is 11.8 Å². The molecule has 132 valence electrons. The van der Waals surface area contributed by atoms with Crippen LogP contribution in [0, 0.1) is 6.92 Å². The minimum Gasteiger partial charge on any atom is -0.389 e. The first-order chi connectivity index (χ1) is 11.5. The van der Waals surface area contributed by atoms with Gasteiger partial charge in [-0.05, 0) is 38.3 Å². The predicted octanol–water partition coefficient (Wildman–Crippen LogP) is 1.67. The molecule has 0 heterocycles. The zero-order valence-electron chi connectivity index (χ0n) is 14.5. The molecule has 0 aliphatic rings. The van der Waals surface area contributed by atoms with E-state index in [2.05, 4.69) is 22.5 Å². The molecule has 1 aromatic rings. The van der Waals surface area contributed by atoms with Gasteiger partial charge in [0.05, 0.1) is 6.54 Å². The molecule has 24 heavy (non-hydrogen) atoms. The molecule has 1 unspecified atom stereocenters. The standard InChI is InChI=1S/C18H28N4O2/c1-4-14(3)20-11-5-6-16(22-17(23)12-19)18(24)21-15-9-7-13(2)8-10-15/h7-10,16,20H,3-6,11-12,19H2,1-2H3,(H,21,24)(H,22,23). The van der Waals surface area contributed by atoms with Crippen LogP contribution in [0.1, 0.15) is 31.7 Å². The minimum atomic E-state index is -0.612. The van der Waals surface area contributed by atoms with Gasteiger partial charge < -0.3 is 21.7 Å². The Bertz CT molecular complexity index is 555. The second-order valence-corrected chi connectivity index (χ2v) is 5.71. The number of nitrogens with two attached hydrogens (primary N) is 1. The summed E-state index contributed by atoms with van der Waals surface area (Å²) >= 11 is 0. The Kier molecular flexibility index (Phi) is 8.57. The zero-order valence-corrected chi connectivity index (χ0v) is 14.5. The molecular formula is C18H28N4O2. The summed E-state index contributed by atoms with van der Waals surface area (Å²) in [5.41, 5.74) is 8.11. The molecule has 0 spiro atoms. The van der Waals surface area contributed by atoms with Crippen molar-refractivity contribution in [1.82, 2.24) is 10.6 Å². The van der Waals surface area contributed by atoms with Gasteiger partial charge in [-0.15, -0.1) is 0 Å². The molecule has 2 amide bonds. The third kappa shape index (κ3) is 7.28. The van der Waals surface area contributed by atoms with Crippen molar-refractivity contribution >= 4 is 17.5 Å². The van der Waals surface area contributed by atoms with E-state index < -0.39 is 6.04 Å². The maximum absolute atomic E-state index is 12.4. The van der Waals surface area contributed by atoms with Crippen LogP contribution < -0.4 is 21.7 Å². The van der Waals surface area contributed by atoms with Crippen LogP contribution in [0.3, 0.4) is 0 Å². The van der Waals surface area contributed by atoms with Gasteiger partial charge in [0.1, 0.15) is 6.04 Å². The number of carbonyl (C=O) groups is 2. The highest BCUT2D eigenvalue weighted by Crippen LogP contribution is 2.10. The van der Waals surface area contributed by atoms with Crippen molar-refractivity contribution in [2.75, 3.05) is 18.4 Å². The Morgan fingerprint density at radius 1 is 1.25 bits per heavy atom. The van der Waals surface area contributed by atoms with Crippen molar-refractivity contribution in [3.63, 3.8) is 0 Å². The fourth-order valence-corrected chi connectivity index (χ4v) is 2.08. The summed E-state index contributed by atoms with van der Waals surface area (Å²) in [4.78, 5) is 24.0. The number of hydrogen-bond donors (Lipinski definition) is 4. The fourth-order valence-electron chi connectivity index (χ4n) is 2.08. The van der Waals surface area contributed by atoms with Crippen LogP contribution in [0.25, 0.3) is 0 Å². The zero-order chi connectivity index (χ0) is 17.9. The normalized spacial score (nSPS) is 11.5. The number of carbonyl (C=O) groups excluding carboxylic acids is 2. The number of aryl methyl sites for hydroxylation is 1. The predicted molar refractivity (Wildman–Crippen MR) is 97.5 cm³/mol. The molecule has 5 N–H and O–H groups in total. The maximum atomic E-state index is 12.4. The van der Waals surface area contributed by atoms with E-state index >= 15 is 0 Å². The maximum Gasteiger partial charge on any atom is 0.246 e. The van der Waals surface area contributed by atoms with E-state index in [1.807, 2.05) is 38.1 Å². The summed E-state index contributed by atoms with van der Waals surface area (Å²) in [6.07, 6.45) is 2.12. The number of benzene rings is 1. The van der Waals surface area contributed by atoms with Crippen LogP contribution >= 0.6 is 0 Å². The number of hydrogen-bond acceptors (Lipinski definition) is 4. The summed E-state index contributed by atoms with van der Waals surface area (Å²) in [7, 11) is 0. The molecule has 0 aromatic heterocycles. The number of nitrogens with one attached hydrogen (secondary N) is 3. The second-order valence-electron chi connectivity index (χ2n) is 5.71. The Labute approximate surface area is 143 Å². The van der Waals surface area contributed by atoms with Crippen molar-refractivity contribution in [3.8, 4) is 0 Å². The molecule has 0 saturated carbocycles. The van der Waals surface area contributed by atoms with Crippen molar-refractivity contribution in [1.29, 1.82) is 0 Å². The molecule has 6 heteroatoms. The van der Waals surface area contributed by atoms with E-state index in [-0.39, 0.29) is 18.4 Å². The molecule has 0 aliphatic carbocycles. The summed E-state index contributed by atoms with van der Waals surface area (Å²) in [6.45, 7) is 8.44. The number of amides is 2. The Morgan fingerprint density at radius 2 is 1.92 bits per heavy atom. The first kappa shape index (κ1) is 19.7. The van der Waals surface area contributed by atoms with Gasteiger partial charge >= 0.3 is 0 Å². The van der Waals surface area contributed by atoms with E-state index in [1.54, 1.807) is 0 Å². The first-order valence-corrected chi connectivity index (χ1v) is 8.24. The van der Waals surface area contributed by atoms with Gasteiger partial charge in [-0.25, -0.2) is 0 Å². The molecule has 0 saturated heterocycles. The smallest absolute Gasteiger partial charge is 0.246 e. The lowest BCUT2D eigenvalue weighted by Crippen LogP contribution is -2.46. The van der Waals surface area contributed by atoms with E-state index in [4.69, 9.17) is 5.73 Å². The summed E-state index contributed by atoms with van der Waals surface area (Å²) in [5.74, 6) is -0.583. The SMILES string of the molecule is C=C(CC)NCCCC(NC(=O)CN)C(=O)Nc1ccc(C)cc1. The molecule has 0 aliphatic heterocycles. The first-order valence-electron chi connectivity index (χ1n) is 8.24. The highest BCUT2D eigenvalue weighted by molar-refractivity contribution is 5.97. The lowest BCUT2D eigenvalue weighted by molar-refractivity contribution is -0.125. The van der Waals surface area contributed by atoms with Gasteiger partial charge in [0.15, 0.2) is 0 Å². The Hall–Kier alpha value is -2.34. The summed E-state index contributed by atoms with van der Waals surface area (Å²) < 4.78 is 0. The van der Waals surface area contributed by atoms with E-state index in [0.29, 0.717) is 18.7 Å². The molecule has 1 aromatic carbocycles. The highest BCUT2D eigenvalue weighted by Gasteiger charge is 2.20. The monoisotopic (exact) mass is 332 g/mol. The number of allylic oxidation sites excluding steroid dienone is 1. The van der Waals surface area contributed by atoms with Crippen LogP contribution in [0.15, 0.2) is 36.5 Å². The quantitative estimate of drug-likeness (QED) is 0.490. The van der Waals surface area contributed by atoms with Gasteiger partial charge in [0.25, 0.3) is 0 Å². The molecular weight excluding hydrogens is 304 g/mol. The number of anilines is 1. The van der Waals surface area contributed by atoms with Crippen LogP contribution in [0.2, 0.25) is 0 Å². The van der Waals surface area contributed by atoms with Crippen LogP contribution in [0.5, 0.6) is 0 Å². The van der Waals surface area contributed by atoms with Crippen molar-refractivity contribution in [2.45, 2.75) is 39.2 Å². The Balaban J connectivity index is 2.59. The van der Waals surface area contributed by atoms with E-state index in [9.17, 15) is 9.59 Å². The average Bonchev–Trinajstić information content (AvgIpc) is 2.58. The Morgan fingerprint density at radius 3 is 2.50 bits per heavy atom. The molecule has 1 rings (SSSR count). The lowest BCUT2D eigenvalue weighted by Gasteiger charge is -2.18. The number of rotatable bonds is 10. The molecule has 0 bridgehead atoms. The van der Waals surface area contributed by atoms with Crippen LogP contribution in [-0.2, 0) is 9.59 Å². The molecule has 1 atom stereocenters. The van der Waals surface area contributed by atoms with Gasteiger partial charge in [0, 0.05) is 17.9 Å². The van der Waals surface area contributed by atoms with Crippen molar-refractivity contribution in [2.24, 2.45) is 5.73 Å². The lowest BCUT2D eigenvalue weighted by atomic mass is 10.1. The van der Waals surface area contributed by atoms with E-state index in [1.165, 1.54) is 0 Å². The fraction of sp³-hybridized carbons (Fsp3) is 0.444. The topological polar surface area (TPSA) is 96.2 Å². The van der Waals surface area contributed by atoms with Crippen molar-refractivity contribution in [3.05, 3.63) is 42.1 Å². The van der Waals surface area contributed by atoms with Crippen LogP contribution in [-0.4, -0.2) is 30.9 Å².